The first-order chi connectivity index (χ1) is 6.79. The first kappa shape index (κ1) is 12.8. The largest absolute Gasteiger partial charge is 0.232 e. The standard InChI is InChI=1S/C10H12Cl2O2S/c1-7-5-9(3-4-15(12,13)14)6-8(2)10(7)11/h5-6H,3-4H2,1-2H3. The third-order valence-electron chi connectivity index (χ3n) is 2.13. The Morgan fingerprint density at radius 1 is 1.20 bits per heavy atom. The Bertz CT molecular complexity index is 443. The first-order valence-corrected chi connectivity index (χ1v) is 7.33. The lowest BCUT2D eigenvalue weighted by Gasteiger charge is -2.06. The summed E-state index contributed by atoms with van der Waals surface area (Å²) >= 11 is 6.00. The van der Waals surface area contributed by atoms with E-state index < -0.39 is 9.05 Å². The molecule has 5 heteroatoms. The summed E-state index contributed by atoms with van der Waals surface area (Å²) in [5.74, 6) is -0.0466. The maximum atomic E-state index is 10.8. The van der Waals surface area contributed by atoms with E-state index in [1.165, 1.54) is 0 Å². The highest BCUT2D eigenvalue weighted by atomic mass is 35.7. The molecule has 0 amide bonds. The molecule has 1 rings (SSSR count). The lowest BCUT2D eigenvalue weighted by Crippen LogP contribution is -2.01. The molecule has 1 aromatic carbocycles. The predicted molar refractivity (Wildman–Crippen MR) is 64.3 cm³/mol. The molecule has 0 unspecified atom stereocenters. The number of hydrogen-bond donors (Lipinski definition) is 0. The van der Waals surface area contributed by atoms with Gasteiger partial charge < -0.3 is 0 Å². The molecule has 0 heterocycles. The number of halogens is 2. The van der Waals surface area contributed by atoms with Crippen molar-refractivity contribution < 1.29 is 8.42 Å². The van der Waals surface area contributed by atoms with Crippen molar-refractivity contribution in [3.63, 3.8) is 0 Å². The molecule has 0 atom stereocenters. The van der Waals surface area contributed by atoms with Crippen LogP contribution in [0.4, 0.5) is 0 Å². The van der Waals surface area contributed by atoms with Crippen LogP contribution < -0.4 is 0 Å². The Morgan fingerprint density at radius 2 is 1.67 bits per heavy atom. The normalized spacial score (nSPS) is 11.7. The molecule has 0 spiro atoms. The second-order valence-corrected chi connectivity index (χ2v) is 6.81. The smallest absolute Gasteiger partial charge is 0.212 e. The summed E-state index contributed by atoms with van der Waals surface area (Å²) in [4.78, 5) is 0. The minimum atomic E-state index is -3.42. The fourth-order valence-corrected chi connectivity index (χ4v) is 2.24. The van der Waals surface area contributed by atoms with E-state index in [2.05, 4.69) is 0 Å². The number of rotatable bonds is 3. The predicted octanol–water partition coefficient (Wildman–Crippen LogP) is 3.07. The van der Waals surface area contributed by atoms with Crippen LogP contribution in [0.3, 0.4) is 0 Å². The van der Waals surface area contributed by atoms with E-state index >= 15 is 0 Å². The average Bonchev–Trinajstić information content (AvgIpc) is 2.09. The monoisotopic (exact) mass is 266 g/mol. The van der Waals surface area contributed by atoms with Crippen molar-refractivity contribution in [2.24, 2.45) is 0 Å². The third-order valence-corrected chi connectivity index (χ3v) is 3.88. The summed E-state index contributed by atoms with van der Waals surface area (Å²) in [5, 5.41) is 0.729. The van der Waals surface area contributed by atoms with Crippen molar-refractivity contribution in [3.8, 4) is 0 Å². The van der Waals surface area contributed by atoms with Gasteiger partial charge in [0.25, 0.3) is 0 Å². The van der Waals surface area contributed by atoms with Crippen LogP contribution in [-0.4, -0.2) is 14.2 Å². The molecule has 0 N–H and O–H groups in total. The Balaban J connectivity index is 2.89. The van der Waals surface area contributed by atoms with E-state index in [0.29, 0.717) is 6.42 Å². The third kappa shape index (κ3) is 4.01. The average molecular weight is 267 g/mol. The molecule has 0 aliphatic heterocycles. The fourth-order valence-electron chi connectivity index (χ4n) is 1.42. The van der Waals surface area contributed by atoms with E-state index in [1.54, 1.807) is 0 Å². The molecule has 0 saturated heterocycles. The molecule has 0 radical (unpaired) electrons. The highest BCUT2D eigenvalue weighted by Crippen LogP contribution is 2.22. The summed E-state index contributed by atoms with van der Waals surface area (Å²) in [7, 11) is 1.72. The highest BCUT2D eigenvalue weighted by Gasteiger charge is 2.08. The fraction of sp³-hybridized carbons (Fsp3) is 0.400. The second-order valence-electron chi connectivity index (χ2n) is 3.54. The van der Waals surface area contributed by atoms with E-state index in [-0.39, 0.29) is 5.75 Å². The zero-order chi connectivity index (χ0) is 11.6. The second kappa shape index (κ2) is 4.73. The van der Waals surface area contributed by atoms with Crippen LogP contribution >= 0.6 is 22.3 Å². The molecule has 84 valence electrons. The van der Waals surface area contributed by atoms with Crippen LogP contribution in [0.1, 0.15) is 16.7 Å². The van der Waals surface area contributed by atoms with Crippen LogP contribution in [0.2, 0.25) is 5.02 Å². The SMILES string of the molecule is Cc1cc(CCS(=O)(=O)Cl)cc(C)c1Cl. The maximum Gasteiger partial charge on any atom is 0.232 e. The minimum absolute atomic E-state index is 0.0466. The summed E-state index contributed by atoms with van der Waals surface area (Å²) in [5.41, 5.74) is 2.86. The quantitative estimate of drug-likeness (QED) is 0.789. The Labute approximate surface area is 99.6 Å². The molecule has 0 aliphatic carbocycles. The maximum absolute atomic E-state index is 10.8. The van der Waals surface area contributed by atoms with Gasteiger partial charge in [-0.1, -0.05) is 23.7 Å². The van der Waals surface area contributed by atoms with Gasteiger partial charge in [0.1, 0.15) is 0 Å². The molecule has 0 aromatic heterocycles. The lowest BCUT2D eigenvalue weighted by molar-refractivity contribution is 0.609. The van der Waals surface area contributed by atoms with Gasteiger partial charge in [-0.15, -0.1) is 0 Å². The number of aryl methyl sites for hydroxylation is 3. The summed E-state index contributed by atoms with van der Waals surface area (Å²) in [6.07, 6.45) is 0.421. The van der Waals surface area contributed by atoms with Gasteiger partial charge in [-0.25, -0.2) is 8.42 Å². The molecule has 0 saturated carbocycles. The van der Waals surface area contributed by atoms with Crippen LogP contribution in [0, 0.1) is 13.8 Å². The van der Waals surface area contributed by atoms with E-state index in [9.17, 15) is 8.42 Å². The van der Waals surface area contributed by atoms with Gasteiger partial charge in [-0.05, 0) is 37.0 Å². The molecular weight excluding hydrogens is 255 g/mol. The van der Waals surface area contributed by atoms with Gasteiger partial charge in [0.2, 0.25) is 9.05 Å². The van der Waals surface area contributed by atoms with Crippen molar-refractivity contribution >= 4 is 31.3 Å². The van der Waals surface area contributed by atoms with E-state index in [4.69, 9.17) is 22.3 Å². The van der Waals surface area contributed by atoms with Gasteiger partial charge in [0.15, 0.2) is 0 Å². The van der Waals surface area contributed by atoms with E-state index in [0.717, 1.165) is 21.7 Å². The van der Waals surface area contributed by atoms with Gasteiger partial charge in [0.05, 0.1) is 5.75 Å². The van der Waals surface area contributed by atoms with Crippen molar-refractivity contribution in [1.29, 1.82) is 0 Å². The molecular formula is C10H12Cl2O2S. The summed E-state index contributed by atoms with van der Waals surface area (Å²) in [6, 6.07) is 3.77. The first-order valence-electron chi connectivity index (χ1n) is 4.47. The van der Waals surface area contributed by atoms with Gasteiger partial charge in [-0.2, -0.15) is 0 Å². The minimum Gasteiger partial charge on any atom is -0.212 e. The number of benzene rings is 1. The zero-order valence-corrected chi connectivity index (χ0v) is 10.9. The summed E-state index contributed by atoms with van der Waals surface area (Å²) in [6.45, 7) is 3.79. The molecule has 0 aliphatic rings. The topological polar surface area (TPSA) is 34.1 Å². The van der Waals surface area contributed by atoms with Gasteiger partial charge >= 0.3 is 0 Å². The number of hydrogen-bond acceptors (Lipinski definition) is 2. The summed E-state index contributed by atoms with van der Waals surface area (Å²) < 4.78 is 21.6. The van der Waals surface area contributed by atoms with Crippen LogP contribution in [0.5, 0.6) is 0 Å². The molecule has 0 fully saturated rings. The Hall–Kier alpha value is -0.250. The van der Waals surface area contributed by atoms with Gasteiger partial charge in [0, 0.05) is 15.7 Å². The van der Waals surface area contributed by atoms with Crippen molar-refractivity contribution in [3.05, 3.63) is 33.8 Å². The Kier molecular flexibility index (Phi) is 4.04. The van der Waals surface area contributed by atoms with Gasteiger partial charge in [-0.3, -0.25) is 0 Å². The molecule has 15 heavy (non-hydrogen) atoms. The Morgan fingerprint density at radius 3 is 2.07 bits per heavy atom. The highest BCUT2D eigenvalue weighted by molar-refractivity contribution is 8.13. The van der Waals surface area contributed by atoms with Crippen LogP contribution in [-0.2, 0) is 15.5 Å². The molecule has 2 nitrogen and oxygen atoms in total. The van der Waals surface area contributed by atoms with Crippen molar-refractivity contribution in [2.45, 2.75) is 20.3 Å². The van der Waals surface area contributed by atoms with Crippen molar-refractivity contribution in [1.82, 2.24) is 0 Å². The lowest BCUT2D eigenvalue weighted by atomic mass is 10.1. The molecule has 0 bridgehead atoms. The van der Waals surface area contributed by atoms with Crippen molar-refractivity contribution in [2.75, 3.05) is 5.75 Å². The van der Waals surface area contributed by atoms with Crippen LogP contribution in [0.25, 0.3) is 0 Å². The zero-order valence-electron chi connectivity index (χ0n) is 8.55. The molecule has 1 aromatic rings. The van der Waals surface area contributed by atoms with Crippen LogP contribution in [0.15, 0.2) is 12.1 Å². The van der Waals surface area contributed by atoms with E-state index in [1.807, 2.05) is 26.0 Å².